The number of carbonyl (C=O) groups is 2. The van der Waals surface area contributed by atoms with E-state index in [4.69, 9.17) is 5.11 Å². The normalized spacial score (nSPS) is 11.6. The van der Waals surface area contributed by atoms with Gasteiger partial charge in [0.15, 0.2) is 0 Å². The van der Waals surface area contributed by atoms with Gasteiger partial charge < -0.3 is 10.0 Å². The Morgan fingerprint density at radius 1 is 0.870 bits per heavy atom. The molecule has 0 aromatic carbocycles. The van der Waals surface area contributed by atoms with Gasteiger partial charge in [-0.2, -0.15) is 0 Å². The molecule has 5 heteroatoms. The molecule has 0 saturated carbocycles. The second-order valence-electron chi connectivity index (χ2n) is 6.30. The van der Waals surface area contributed by atoms with Crippen molar-refractivity contribution in [2.45, 2.75) is 96.9 Å². The summed E-state index contributed by atoms with van der Waals surface area (Å²) in [4.78, 5) is 24.0. The van der Waals surface area contributed by atoms with Crippen molar-refractivity contribution in [1.82, 2.24) is 4.90 Å². The Labute approximate surface area is 164 Å². The zero-order valence-corrected chi connectivity index (χ0v) is 17.8. The summed E-state index contributed by atoms with van der Waals surface area (Å²) in [5.74, 6) is -1.01. The van der Waals surface area contributed by atoms with E-state index < -0.39 is 12.0 Å². The molecule has 0 saturated heterocycles. The van der Waals surface area contributed by atoms with Crippen LogP contribution in [0.15, 0.2) is 0 Å². The first-order valence-electron chi connectivity index (χ1n) is 8.99. The number of aliphatic carboxylic acids is 1. The van der Waals surface area contributed by atoms with Crippen LogP contribution in [0, 0.1) is 0 Å². The van der Waals surface area contributed by atoms with Crippen LogP contribution in [-0.4, -0.2) is 64.5 Å². The van der Waals surface area contributed by atoms with Gasteiger partial charge in [0.2, 0.25) is 5.91 Å². The molecule has 0 aliphatic heterocycles. The number of nitrogens with zero attached hydrogens (tertiary/aromatic N) is 1. The van der Waals surface area contributed by atoms with Crippen molar-refractivity contribution >= 4 is 41.4 Å². The predicted molar refractivity (Wildman–Crippen MR) is 96.7 cm³/mol. The molecule has 131 valence electrons. The summed E-state index contributed by atoms with van der Waals surface area (Å²) in [6.07, 6.45) is 14.2. The minimum atomic E-state index is -0.949. The number of amides is 1. The fourth-order valence-electron chi connectivity index (χ4n) is 2.50. The van der Waals surface area contributed by atoms with E-state index in [-0.39, 0.29) is 35.5 Å². The van der Waals surface area contributed by atoms with Crippen molar-refractivity contribution in [1.29, 1.82) is 0 Å². The standard InChI is InChI=1S/C18H35NO3.Na/c1-4-5-6-7-8-9-10-11-12-13-14-15-17(20)19(3)16(2)18(21)22;/h16H,4-15H2,1-3H3,(H,21,22);/t16-;/m0./s1. The summed E-state index contributed by atoms with van der Waals surface area (Å²) < 4.78 is 0. The van der Waals surface area contributed by atoms with Gasteiger partial charge in [-0.15, -0.1) is 0 Å². The molecule has 4 nitrogen and oxygen atoms in total. The molecule has 0 heterocycles. The molecule has 0 aliphatic rings. The zero-order valence-electron chi connectivity index (χ0n) is 15.8. The van der Waals surface area contributed by atoms with Gasteiger partial charge >= 0.3 is 5.97 Å². The van der Waals surface area contributed by atoms with Crippen LogP contribution in [0.5, 0.6) is 0 Å². The quantitative estimate of drug-likeness (QED) is 0.381. The fraction of sp³-hybridized carbons (Fsp3) is 0.889. The third-order valence-corrected chi connectivity index (χ3v) is 4.33. The van der Waals surface area contributed by atoms with Crippen LogP contribution in [-0.2, 0) is 9.59 Å². The van der Waals surface area contributed by atoms with Crippen LogP contribution < -0.4 is 0 Å². The molecule has 0 aromatic heterocycles. The van der Waals surface area contributed by atoms with Crippen molar-refractivity contribution in [2.75, 3.05) is 7.05 Å². The van der Waals surface area contributed by atoms with Crippen LogP contribution in [0.2, 0.25) is 0 Å². The number of carboxylic acids is 1. The van der Waals surface area contributed by atoms with E-state index in [1.165, 1.54) is 62.7 Å². The monoisotopic (exact) mass is 336 g/mol. The second-order valence-corrected chi connectivity index (χ2v) is 6.30. The van der Waals surface area contributed by atoms with Crippen molar-refractivity contribution in [3.05, 3.63) is 0 Å². The van der Waals surface area contributed by atoms with E-state index in [2.05, 4.69) is 6.92 Å². The Morgan fingerprint density at radius 3 is 1.65 bits per heavy atom. The van der Waals surface area contributed by atoms with Gasteiger partial charge in [0, 0.05) is 43.0 Å². The number of rotatable bonds is 14. The van der Waals surface area contributed by atoms with E-state index in [0.717, 1.165) is 12.8 Å². The van der Waals surface area contributed by atoms with Crippen LogP contribution in [0.4, 0.5) is 0 Å². The third-order valence-electron chi connectivity index (χ3n) is 4.33. The summed E-state index contributed by atoms with van der Waals surface area (Å²) in [5, 5.41) is 8.87. The molecule has 0 unspecified atom stereocenters. The first-order valence-corrected chi connectivity index (χ1v) is 8.99. The maximum atomic E-state index is 11.8. The van der Waals surface area contributed by atoms with Crippen LogP contribution >= 0.6 is 0 Å². The number of carboxylic acid groups (broad SMARTS) is 1. The zero-order chi connectivity index (χ0) is 16.8. The molecule has 1 radical (unpaired) electrons. The molecule has 0 spiro atoms. The minimum absolute atomic E-state index is 0. The average Bonchev–Trinajstić information content (AvgIpc) is 2.50. The Bertz CT molecular complexity index is 311. The Hall–Kier alpha value is -0.0600. The summed E-state index contributed by atoms with van der Waals surface area (Å²) >= 11 is 0. The third kappa shape index (κ3) is 14.0. The number of carbonyl (C=O) groups excluding carboxylic acids is 1. The molecular weight excluding hydrogens is 301 g/mol. The summed E-state index contributed by atoms with van der Waals surface area (Å²) in [5.41, 5.74) is 0. The maximum absolute atomic E-state index is 11.8. The number of hydrogen-bond donors (Lipinski definition) is 1. The first kappa shape index (κ1) is 25.2. The van der Waals surface area contributed by atoms with Gasteiger partial charge in [-0.05, 0) is 13.3 Å². The van der Waals surface area contributed by atoms with Gasteiger partial charge in [0.05, 0.1) is 0 Å². The maximum Gasteiger partial charge on any atom is 0.326 e. The smallest absolute Gasteiger partial charge is 0.326 e. The predicted octanol–water partition coefficient (Wildman–Crippen LogP) is 4.24. The van der Waals surface area contributed by atoms with E-state index in [0.29, 0.717) is 6.42 Å². The Kier molecular flexibility index (Phi) is 18.4. The second kappa shape index (κ2) is 16.8. The number of hydrogen-bond acceptors (Lipinski definition) is 2. The van der Waals surface area contributed by atoms with Crippen molar-refractivity contribution in [2.24, 2.45) is 0 Å². The summed E-state index contributed by atoms with van der Waals surface area (Å²) in [6.45, 7) is 3.78. The summed E-state index contributed by atoms with van der Waals surface area (Å²) in [6, 6.07) is -0.736. The van der Waals surface area contributed by atoms with Crippen LogP contribution in [0.3, 0.4) is 0 Å². The molecule has 0 fully saturated rings. The van der Waals surface area contributed by atoms with E-state index in [9.17, 15) is 9.59 Å². The largest absolute Gasteiger partial charge is 0.480 e. The molecule has 0 bridgehead atoms. The molecule has 1 atom stereocenters. The minimum Gasteiger partial charge on any atom is -0.480 e. The number of likely N-dealkylation sites (N-methyl/N-ethyl adjacent to an activating group) is 1. The van der Waals surface area contributed by atoms with Crippen molar-refractivity contribution in [3.63, 3.8) is 0 Å². The molecule has 0 rings (SSSR count). The van der Waals surface area contributed by atoms with Gasteiger partial charge in [-0.1, -0.05) is 71.1 Å². The van der Waals surface area contributed by atoms with Gasteiger partial charge in [0.1, 0.15) is 6.04 Å². The summed E-state index contributed by atoms with van der Waals surface area (Å²) in [7, 11) is 1.57. The van der Waals surface area contributed by atoms with Crippen LogP contribution in [0.1, 0.15) is 90.9 Å². The van der Waals surface area contributed by atoms with E-state index in [1.807, 2.05) is 0 Å². The van der Waals surface area contributed by atoms with E-state index >= 15 is 0 Å². The first-order chi connectivity index (χ1) is 10.5. The van der Waals surface area contributed by atoms with Crippen molar-refractivity contribution in [3.8, 4) is 0 Å². The Morgan fingerprint density at radius 2 is 1.26 bits per heavy atom. The Balaban J connectivity index is 0. The molecule has 0 aliphatic carbocycles. The SMILES string of the molecule is CCCCCCCCCCCCCC(=O)N(C)[C@@H](C)C(=O)O.[Na]. The molecule has 1 amide bonds. The van der Waals surface area contributed by atoms with Gasteiger partial charge in [-0.3, -0.25) is 4.79 Å². The molecular formula is C18H35NNaO3. The van der Waals surface area contributed by atoms with Crippen LogP contribution in [0.25, 0.3) is 0 Å². The number of unbranched alkanes of at least 4 members (excludes halogenated alkanes) is 10. The van der Waals surface area contributed by atoms with Crippen molar-refractivity contribution < 1.29 is 14.7 Å². The molecule has 0 aromatic rings. The molecule has 23 heavy (non-hydrogen) atoms. The van der Waals surface area contributed by atoms with E-state index in [1.54, 1.807) is 14.0 Å². The van der Waals surface area contributed by atoms with Gasteiger partial charge in [0.25, 0.3) is 0 Å². The average molecular weight is 336 g/mol. The fourth-order valence-corrected chi connectivity index (χ4v) is 2.50. The topological polar surface area (TPSA) is 57.6 Å². The van der Waals surface area contributed by atoms with Gasteiger partial charge in [-0.25, -0.2) is 4.79 Å². The molecule has 1 N–H and O–H groups in total.